The maximum Gasteiger partial charge on any atom is 0.198 e. The third kappa shape index (κ3) is 2.23. The van der Waals surface area contributed by atoms with Crippen molar-refractivity contribution >= 4 is 0 Å². The second-order valence-electron chi connectivity index (χ2n) is 7.92. The van der Waals surface area contributed by atoms with E-state index in [-0.39, 0.29) is 17.4 Å². The average Bonchev–Trinajstić information content (AvgIpc) is 2.69. The molecule has 5 heteroatoms. The Morgan fingerprint density at radius 1 is 0.893 bits per heavy atom. The minimum absolute atomic E-state index is 0.00755. The number of methoxy groups -OCH3 is 2. The Hall–Kier alpha value is -2.11. The standard InChI is InChI=1S/C23H30NO4/c1-7-27-23(28-8-2)20-15-11-9-10-14-24(15)21(22(23,3)4)19-17(26-6)13-12-16(25-5)18(19)20/h9-14,20-21H,7-8H2,1-6H3/q+1. The summed E-state index contributed by atoms with van der Waals surface area (Å²) in [6.07, 6.45) is 2.15. The average molecular weight is 384 g/mol. The van der Waals surface area contributed by atoms with Crippen molar-refractivity contribution in [2.24, 2.45) is 5.41 Å². The smallest absolute Gasteiger partial charge is 0.198 e. The Balaban J connectivity index is 2.14. The van der Waals surface area contributed by atoms with Gasteiger partial charge in [-0.25, -0.2) is 0 Å². The minimum atomic E-state index is -0.796. The lowest BCUT2D eigenvalue weighted by Gasteiger charge is -2.57. The van der Waals surface area contributed by atoms with Crippen LogP contribution < -0.4 is 14.0 Å². The molecule has 0 spiro atoms. The fraction of sp³-hybridized carbons (Fsp3) is 0.522. The summed E-state index contributed by atoms with van der Waals surface area (Å²) in [6.45, 7) is 9.67. The van der Waals surface area contributed by atoms with Gasteiger partial charge in [0.2, 0.25) is 0 Å². The van der Waals surface area contributed by atoms with Crippen molar-refractivity contribution in [1.29, 1.82) is 0 Å². The fourth-order valence-corrected chi connectivity index (χ4v) is 5.43. The number of nitrogens with zero attached hydrogens (tertiary/aromatic N) is 1. The van der Waals surface area contributed by atoms with Crippen LogP contribution in [-0.4, -0.2) is 33.2 Å². The van der Waals surface area contributed by atoms with Gasteiger partial charge in [-0.05, 0) is 39.8 Å². The number of hydrogen-bond acceptors (Lipinski definition) is 4. The van der Waals surface area contributed by atoms with E-state index in [1.165, 1.54) is 5.69 Å². The van der Waals surface area contributed by atoms with Gasteiger partial charge in [-0.1, -0.05) is 6.07 Å². The molecule has 0 fully saturated rings. The Kier molecular flexibility index (Phi) is 4.63. The number of pyridine rings is 1. The second-order valence-corrected chi connectivity index (χ2v) is 7.92. The van der Waals surface area contributed by atoms with Crippen molar-refractivity contribution in [3.8, 4) is 11.5 Å². The molecule has 3 heterocycles. The zero-order valence-corrected chi connectivity index (χ0v) is 17.6. The van der Waals surface area contributed by atoms with E-state index in [0.29, 0.717) is 13.2 Å². The molecule has 2 unspecified atom stereocenters. The van der Waals surface area contributed by atoms with E-state index in [0.717, 1.165) is 22.6 Å². The Bertz CT molecular complexity index is 886. The molecular weight excluding hydrogens is 354 g/mol. The van der Waals surface area contributed by atoms with Crippen LogP contribution in [0.4, 0.5) is 0 Å². The van der Waals surface area contributed by atoms with Crippen LogP contribution >= 0.6 is 0 Å². The summed E-state index contributed by atoms with van der Waals surface area (Å²) in [6, 6.07) is 10.3. The van der Waals surface area contributed by atoms with E-state index in [1.54, 1.807) is 14.2 Å². The molecule has 0 saturated carbocycles. The summed E-state index contributed by atoms with van der Waals surface area (Å²) in [7, 11) is 3.45. The van der Waals surface area contributed by atoms with Crippen LogP contribution in [0, 0.1) is 5.41 Å². The van der Waals surface area contributed by atoms with Crippen LogP contribution in [0.25, 0.3) is 0 Å². The van der Waals surface area contributed by atoms with Gasteiger partial charge in [0.05, 0.1) is 25.2 Å². The highest BCUT2D eigenvalue weighted by atomic mass is 16.7. The maximum atomic E-state index is 6.51. The highest BCUT2D eigenvalue weighted by Crippen LogP contribution is 2.64. The van der Waals surface area contributed by atoms with Gasteiger partial charge < -0.3 is 18.9 Å². The number of benzene rings is 1. The molecule has 3 aliphatic rings. The Morgan fingerprint density at radius 3 is 2.07 bits per heavy atom. The molecule has 1 aromatic carbocycles. The van der Waals surface area contributed by atoms with E-state index in [2.05, 4.69) is 42.8 Å². The number of hydrogen-bond donors (Lipinski definition) is 0. The summed E-state index contributed by atoms with van der Waals surface area (Å²) in [4.78, 5) is 0. The third-order valence-corrected chi connectivity index (χ3v) is 6.39. The molecule has 5 nitrogen and oxygen atoms in total. The van der Waals surface area contributed by atoms with Gasteiger partial charge in [0.25, 0.3) is 0 Å². The van der Waals surface area contributed by atoms with Crippen molar-refractivity contribution < 1.29 is 23.5 Å². The molecule has 1 aliphatic carbocycles. The zero-order chi connectivity index (χ0) is 20.1. The van der Waals surface area contributed by atoms with Gasteiger partial charge in [-0.3, -0.25) is 0 Å². The Labute approximate surface area is 167 Å². The van der Waals surface area contributed by atoms with Gasteiger partial charge in [0.1, 0.15) is 17.4 Å². The van der Waals surface area contributed by atoms with Crippen molar-refractivity contribution in [3.63, 3.8) is 0 Å². The largest absolute Gasteiger partial charge is 0.496 e. The van der Waals surface area contributed by atoms with E-state index in [9.17, 15) is 0 Å². The molecule has 150 valence electrons. The van der Waals surface area contributed by atoms with Crippen LogP contribution in [0.3, 0.4) is 0 Å². The molecule has 1 aromatic heterocycles. The molecule has 0 N–H and O–H groups in total. The summed E-state index contributed by atoms with van der Waals surface area (Å²) < 4.78 is 27.0. The molecule has 2 aromatic rings. The van der Waals surface area contributed by atoms with E-state index in [4.69, 9.17) is 18.9 Å². The third-order valence-electron chi connectivity index (χ3n) is 6.39. The molecule has 0 radical (unpaired) electrons. The first-order chi connectivity index (χ1) is 13.5. The predicted molar refractivity (Wildman–Crippen MR) is 106 cm³/mol. The summed E-state index contributed by atoms with van der Waals surface area (Å²) in [5.74, 6) is 0.797. The number of fused-ring (bicyclic) bond motifs is 1. The maximum absolute atomic E-state index is 6.51. The molecule has 28 heavy (non-hydrogen) atoms. The topological polar surface area (TPSA) is 40.8 Å². The van der Waals surface area contributed by atoms with Gasteiger partial charge in [-0.2, -0.15) is 4.57 Å². The second kappa shape index (κ2) is 6.75. The summed E-state index contributed by atoms with van der Waals surface area (Å²) in [5, 5.41) is 0. The van der Waals surface area contributed by atoms with Crippen molar-refractivity contribution in [3.05, 3.63) is 53.3 Å². The molecular formula is C23H30NO4+. The van der Waals surface area contributed by atoms with Gasteiger partial charge in [0, 0.05) is 30.9 Å². The van der Waals surface area contributed by atoms with Gasteiger partial charge in [-0.15, -0.1) is 0 Å². The molecule has 0 amide bonds. The van der Waals surface area contributed by atoms with E-state index in [1.807, 2.05) is 26.0 Å². The molecule has 2 bridgehead atoms. The minimum Gasteiger partial charge on any atom is -0.496 e. The lowest BCUT2D eigenvalue weighted by atomic mass is 9.57. The highest BCUT2D eigenvalue weighted by molar-refractivity contribution is 5.58. The van der Waals surface area contributed by atoms with Crippen LogP contribution in [0.1, 0.15) is 56.5 Å². The molecule has 2 atom stereocenters. The summed E-state index contributed by atoms with van der Waals surface area (Å²) >= 11 is 0. The number of rotatable bonds is 6. The lowest BCUT2D eigenvalue weighted by molar-refractivity contribution is -0.755. The first-order valence-electron chi connectivity index (χ1n) is 10.0. The van der Waals surface area contributed by atoms with Crippen LogP contribution in [0.2, 0.25) is 0 Å². The normalized spacial score (nSPS) is 23.1. The quantitative estimate of drug-likeness (QED) is 0.561. The lowest BCUT2D eigenvalue weighted by Crippen LogP contribution is -2.71. The van der Waals surface area contributed by atoms with Crippen LogP contribution in [0.5, 0.6) is 11.5 Å². The fourth-order valence-electron chi connectivity index (χ4n) is 5.43. The highest BCUT2D eigenvalue weighted by Gasteiger charge is 2.71. The van der Waals surface area contributed by atoms with Gasteiger partial charge >= 0.3 is 0 Å². The van der Waals surface area contributed by atoms with Gasteiger partial charge in [0.15, 0.2) is 23.7 Å². The van der Waals surface area contributed by atoms with E-state index < -0.39 is 5.79 Å². The van der Waals surface area contributed by atoms with Crippen molar-refractivity contribution in [2.45, 2.75) is 45.4 Å². The number of aromatic nitrogens is 1. The SMILES string of the molecule is CCOC1(OCC)C2c3c(OC)ccc(OC)c3C([n+]3ccccc32)C1(C)C. The van der Waals surface area contributed by atoms with Crippen molar-refractivity contribution in [1.82, 2.24) is 0 Å². The first kappa shape index (κ1) is 19.2. The number of ether oxygens (including phenoxy) is 4. The molecule has 0 saturated heterocycles. The zero-order valence-electron chi connectivity index (χ0n) is 17.6. The predicted octanol–water partition coefficient (Wildman–Crippen LogP) is 3.84. The molecule has 2 aliphatic heterocycles. The molecule has 5 rings (SSSR count). The van der Waals surface area contributed by atoms with Crippen molar-refractivity contribution in [2.75, 3.05) is 27.4 Å². The summed E-state index contributed by atoms with van der Waals surface area (Å²) in [5.41, 5.74) is 3.11. The first-order valence-corrected chi connectivity index (χ1v) is 10.0. The van der Waals surface area contributed by atoms with E-state index >= 15 is 0 Å². The Morgan fingerprint density at radius 2 is 1.50 bits per heavy atom. The van der Waals surface area contributed by atoms with Crippen LogP contribution in [-0.2, 0) is 9.47 Å². The monoisotopic (exact) mass is 384 g/mol. The van der Waals surface area contributed by atoms with Crippen LogP contribution in [0.15, 0.2) is 36.5 Å².